The highest BCUT2D eigenvalue weighted by Crippen LogP contribution is 2.36. The smallest absolute Gasteiger partial charge is 0.149 e. The quantitative estimate of drug-likeness (QED) is 0.378. The minimum absolute atomic E-state index is 0.184. The first-order chi connectivity index (χ1) is 8.52. The number of furan rings is 1. The molecule has 0 saturated carbocycles. The number of aryl methyl sites for hydroxylation is 1. The van der Waals surface area contributed by atoms with Crippen molar-refractivity contribution in [2.24, 2.45) is 10.9 Å². The Kier molecular flexibility index (Phi) is 3.03. The summed E-state index contributed by atoms with van der Waals surface area (Å²) in [6.45, 7) is 5.89. The summed E-state index contributed by atoms with van der Waals surface area (Å²) >= 11 is 0. The summed E-state index contributed by atoms with van der Waals surface area (Å²) in [4.78, 5) is 0. The third-order valence-electron chi connectivity index (χ3n) is 3.36. The van der Waals surface area contributed by atoms with Crippen LogP contribution in [0, 0.1) is 0 Å². The van der Waals surface area contributed by atoms with E-state index in [2.05, 4.69) is 5.16 Å². The second-order valence-corrected chi connectivity index (χ2v) is 4.86. The first-order valence-electron chi connectivity index (χ1n) is 6.01. The first-order valence-corrected chi connectivity index (χ1v) is 6.01. The van der Waals surface area contributed by atoms with Gasteiger partial charge in [-0.15, -0.1) is 0 Å². The van der Waals surface area contributed by atoms with Crippen LogP contribution in [-0.2, 0) is 11.8 Å². The number of amidine groups is 1. The van der Waals surface area contributed by atoms with Crippen LogP contribution in [0.3, 0.4) is 0 Å². The number of hydrogen-bond acceptors (Lipinski definition) is 3. The van der Waals surface area contributed by atoms with E-state index < -0.39 is 5.41 Å². The van der Waals surface area contributed by atoms with E-state index >= 15 is 0 Å². The van der Waals surface area contributed by atoms with Gasteiger partial charge < -0.3 is 15.4 Å². The van der Waals surface area contributed by atoms with Gasteiger partial charge in [-0.1, -0.05) is 30.3 Å². The molecule has 0 aliphatic heterocycles. The third-order valence-corrected chi connectivity index (χ3v) is 3.36. The maximum atomic E-state index is 8.94. The average Bonchev–Trinajstić information content (AvgIpc) is 2.76. The van der Waals surface area contributed by atoms with Crippen molar-refractivity contribution >= 4 is 16.8 Å². The van der Waals surface area contributed by atoms with Gasteiger partial charge in [0.15, 0.2) is 0 Å². The number of nitrogens with two attached hydrogens (primary N) is 1. The molecule has 0 aliphatic carbocycles. The molecule has 0 atom stereocenters. The number of oxime groups is 1. The zero-order valence-corrected chi connectivity index (χ0v) is 10.9. The van der Waals surface area contributed by atoms with Crippen LogP contribution < -0.4 is 5.73 Å². The normalized spacial score (nSPS) is 13.2. The molecule has 0 bridgehead atoms. The van der Waals surface area contributed by atoms with Gasteiger partial charge in [-0.25, -0.2) is 0 Å². The fraction of sp³-hybridized carbons (Fsp3) is 0.357. The molecule has 1 aromatic carbocycles. The van der Waals surface area contributed by atoms with E-state index in [1.165, 1.54) is 0 Å². The monoisotopic (exact) mass is 246 g/mol. The number of para-hydroxylation sites is 1. The summed E-state index contributed by atoms with van der Waals surface area (Å²) in [7, 11) is 0. The molecule has 0 radical (unpaired) electrons. The third kappa shape index (κ3) is 1.74. The van der Waals surface area contributed by atoms with Crippen LogP contribution in [0.1, 0.15) is 32.1 Å². The van der Waals surface area contributed by atoms with Crippen molar-refractivity contribution in [2.45, 2.75) is 32.6 Å². The Balaban J connectivity index is 2.76. The number of nitrogens with zero attached hydrogens (tertiary/aromatic N) is 1. The fourth-order valence-electron chi connectivity index (χ4n) is 2.28. The molecular formula is C14H18N2O2. The van der Waals surface area contributed by atoms with Crippen LogP contribution in [0.15, 0.2) is 33.8 Å². The van der Waals surface area contributed by atoms with Gasteiger partial charge >= 0.3 is 0 Å². The SMILES string of the molecule is CCc1oc2ccccc2c1C(C)(C)C(N)=NO. The van der Waals surface area contributed by atoms with Crippen molar-refractivity contribution in [2.75, 3.05) is 0 Å². The van der Waals surface area contributed by atoms with Gasteiger partial charge in [0.2, 0.25) is 0 Å². The second-order valence-electron chi connectivity index (χ2n) is 4.86. The molecule has 2 rings (SSSR count). The number of benzene rings is 1. The Labute approximate surface area is 106 Å². The molecule has 4 heteroatoms. The summed E-state index contributed by atoms with van der Waals surface area (Å²) in [6, 6.07) is 7.83. The highest BCUT2D eigenvalue weighted by atomic mass is 16.4. The maximum absolute atomic E-state index is 8.94. The zero-order chi connectivity index (χ0) is 13.3. The maximum Gasteiger partial charge on any atom is 0.149 e. The minimum Gasteiger partial charge on any atom is -0.461 e. The molecular weight excluding hydrogens is 228 g/mol. The summed E-state index contributed by atoms with van der Waals surface area (Å²) in [5.41, 5.74) is 7.08. The van der Waals surface area contributed by atoms with E-state index in [1.807, 2.05) is 45.0 Å². The van der Waals surface area contributed by atoms with Crippen molar-refractivity contribution in [3.05, 3.63) is 35.6 Å². The predicted octanol–water partition coefficient (Wildman–Crippen LogP) is 3.02. The Hall–Kier alpha value is -1.97. The molecule has 96 valence electrons. The predicted molar refractivity (Wildman–Crippen MR) is 72.0 cm³/mol. The Morgan fingerprint density at radius 2 is 2.06 bits per heavy atom. The molecule has 2 aromatic rings. The topological polar surface area (TPSA) is 71.8 Å². The molecule has 4 nitrogen and oxygen atoms in total. The zero-order valence-electron chi connectivity index (χ0n) is 10.9. The van der Waals surface area contributed by atoms with Gasteiger partial charge in [0, 0.05) is 17.4 Å². The van der Waals surface area contributed by atoms with Gasteiger partial charge in [-0.3, -0.25) is 0 Å². The second kappa shape index (κ2) is 4.37. The van der Waals surface area contributed by atoms with Gasteiger partial charge in [0.1, 0.15) is 17.2 Å². The lowest BCUT2D eigenvalue weighted by Gasteiger charge is -2.23. The van der Waals surface area contributed by atoms with Crippen LogP contribution in [-0.4, -0.2) is 11.0 Å². The molecule has 0 fully saturated rings. The molecule has 3 N–H and O–H groups in total. The minimum atomic E-state index is -0.563. The highest BCUT2D eigenvalue weighted by molar-refractivity contribution is 5.96. The van der Waals surface area contributed by atoms with Crippen LogP contribution in [0.5, 0.6) is 0 Å². The molecule has 18 heavy (non-hydrogen) atoms. The van der Waals surface area contributed by atoms with E-state index in [1.54, 1.807) is 0 Å². The lowest BCUT2D eigenvalue weighted by atomic mass is 9.81. The standard InChI is InChI=1S/C14H18N2O2/c1-4-10-12(14(2,3)13(15)16-17)9-7-5-6-8-11(9)18-10/h5-8,17H,4H2,1-3H3,(H2,15,16). The van der Waals surface area contributed by atoms with Crippen LogP contribution in [0.2, 0.25) is 0 Å². The van der Waals surface area contributed by atoms with E-state index in [4.69, 9.17) is 15.4 Å². The number of rotatable bonds is 3. The van der Waals surface area contributed by atoms with Crippen molar-refractivity contribution in [1.29, 1.82) is 0 Å². The number of fused-ring (bicyclic) bond motifs is 1. The van der Waals surface area contributed by atoms with Crippen LogP contribution >= 0.6 is 0 Å². The van der Waals surface area contributed by atoms with Gasteiger partial charge in [0.05, 0.1) is 5.41 Å². The van der Waals surface area contributed by atoms with Crippen molar-refractivity contribution in [3.63, 3.8) is 0 Å². The van der Waals surface area contributed by atoms with Gasteiger partial charge in [-0.05, 0) is 19.9 Å². The van der Waals surface area contributed by atoms with E-state index in [0.29, 0.717) is 0 Å². The molecule has 0 unspecified atom stereocenters. The van der Waals surface area contributed by atoms with E-state index in [-0.39, 0.29) is 5.84 Å². The summed E-state index contributed by atoms with van der Waals surface area (Å²) < 4.78 is 5.84. The lowest BCUT2D eigenvalue weighted by Crippen LogP contribution is -2.36. The van der Waals surface area contributed by atoms with E-state index in [9.17, 15) is 0 Å². The van der Waals surface area contributed by atoms with E-state index in [0.717, 1.165) is 28.7 Å². The molecule has 0 saturated heterocycles. The molecule has 1 heterocycles. The first kappa shape index (κ1) is 12.5. The summed E-state index contributed by atoms with van der Waals surface area (Å²) in [6.07, 6.45) is 0.770. The summed E-state index contributed by atoms with van der Waals surface area (Å²) in [5, 5.41) is 13.1. The Bertz CT molecular complexity index is 597. The summed E-state index contributed by atoms with van der Waals surface area (Å²) in [5.74, 6) is 1.07. The van der Waals surface area contributed by atoms with Crippen LogP contribution in [0.4, 0.5) is 0 Å². The highest BCUT2D eigenvalue weighted by Gasteiger charge is 2.32. The largest absolute Gasteiger partial charge is 0.461 e. The van der Waals surface area contributed by atoms with Crippen molar-refractivity contribution in [1.82, 2.24) is 0 Å². The van der Waals surface area contributed by atoms with Gasteiger partial charge in [-0.2, -0.15) is 0 Å². The van der Waals surface area contributed by atoms with Crippen molar-refractivity contribution in [3.8, 4) is 0 Å². The lowest BCUT2D eigenvalue weighted by molar-refractivity contribution is 0.313. The number of hydrogen-bond donors (Lipinski definition) is 2. The molecule has 0 aliphatic rings. The Morgan fingerprint density at radius 3 is 2.67 bits per heavy atom. The van der Waals surface area contributed by atoms with Crippen LogP contribution in [0.25, 0.3) is 11.0 Å². The Morgan fingerprint density at radius 1 is 1.39 bits per heavy atom. The molecule has 1 aromatic heterocycles. The molecule has 0 amide bonds. The molecule has 0 spiro atoms. The van der Waals surface area contributed by atoms with Gasteiger partial charge in [0.25, 0.3) is 0 Å². The van der Waals surface area contributed by atoms with Crippen molar-refractivity contribution < 1.29 is 9.62 Å². The fourth-order valence-corrected chi connectivity index (χ4v) is 2.28. The average molecular weight is 246 g/mol.